The molecule has 0 bridgehead atoms. The van der Waals surface area contributed by atoms with Gasteiger partial charge in [-0.15, -0.1) is 0 Å². The van der Waals surface area contributed by atoms with Crippen LogP contribution < -0.4 is 5.32 Å². The van der Waals surface area contributed by atoms with Gasteiger partial charge in [-0.1, -0.05) is 28.1 Å². The van der Waals surface area contributed by atoms with Crippen LogP contribution in [-0.4, -0.2) is 23.5 Å². The molecule has 0 unspecified atom stereocenters. The molecule has 0 aliphatic carbocycles. The van der Waals surface area contributed by atoms with E-state index in [2.05, 4.69) is 21.2 Å². The number of alkyl halides is 1. The van der Waals surface area contributed by atoms with E-state index in [0.29, 0.717) is 5.56 Å². The van der Waals surface area contributed by atoms with E-state index in [0.717, 1.165) is 10.9 Å². The summed E-state index contributed by atoms with van der Waals surface area (Å²) in [4.78, 5) is 21.6. The van der Waals surface area contributed by atoms with E-state index in [1.807, 2.05) is 12.1 Å². The largest absolute Gasteiger partial charge is 0.480 e. The van der Waals surface area contributed by atoms with Crippen LogP contribution in [0.2, 0.25) is 0 Å². The number of carboxylic acid groups (broad SMARTS) is 1. The number of hydrogen-bond donors (Lipinski definition) is 2. The molecule has 0 fully saturated rings. The van der Waals surface area contributed by atoms with Crippen molar-refractivity contribution in [1.82, 2.24) is 5.32 Å². The highest BCUT2D eigenvalue weighted by atomic mass is 79.9. The molecule has 0 aliphatic rings. The summed E-state index contributed by atoms with van der Waals surface area (Å²) in [7, 11) is 0. The monoisotopic (exact) mass is 271 g/mol. The first kappa shape index (κ1) is 11.7. The highest BCUT2D eigenvalue weighted by Crippen LogP contribution is 2.07. The van der Waals surface area contributed by atoms with Gasteiger partial charge in [-0.25, -0.2) is 0 Å². The molecule has 0 spiro atoms. The minimum Gasteiger partial charge on any atom is -0.480 e. The molecule has 15 heavy (non-hydrogen) atoms. The number of carboxylic acids is 1. The topological polar surface area (TPSA) is 66.4 Å². The second kappa shape index (κ2) is 5.50. The molecule has 80 valence electrons. The number of benzene rings is 1. The standard InChI is InChI=1S/C10H10BrNO3/c11-5-7-1-3-8(4-2-7)10(15)12-6-9(13)14/h1-4H,5-6H2,(H,12,15)(H,13,14). The number of nitrogens with one attached hydrogen (secondary N) is 1. The van der Waals surface area contributed by atoms with E-state index >= 15 is 0 Å². The Bertz CT molecular complexity index is 361. The van der Waals surface area contributed by atoms with Gasteiger partial charge in [0.2, 0.25) is 0 Å². The van der Waals surface area contributed by atoms with Crippen LogP contribution in [-0.2, 0) is 10.1 Å². The van der Waals surface area contributed by atoms with Crippen molar-refractivity contribution in [1.29, 1.82) is 0 Å². The first-order chi connectivity index (χ1) is 7.13. The number of amides is 1. The van der Waals surface area contributed by atoms with Gasteiger partial charge in [0.15, 0.2) is 0 Å². The maximum atomic E-state index is 11.4. The summed E-state index contributed by atoms with van der Waals surface area (Å²) >= 11 is 3.29. The fraction of sp³-hybridized carbons (Fsp3) is 0.200. The second-order valence-electron chi connectivity index (χ2n) is 2.91. The van der Waals surface area contributed by atoms with Gasteiger partial charge in [-0.3, -0.25) is 9.59 Å². The molecule has 0 aromatic heterocycles. The fourth-order valence-corrected chi connectivity index (χ4v) is 1.38. The highest BCUT2D eigenvalue weighted by molar-refractivity contribution is 9.08. The van der Waals surface area contributed by atoms with Crippen LogP contribution in [0.1, 0.15) is 15.9 Å². The molecular weight excluding hydrogens is 262 g/mol. The van der Waals surface area contributed by atoms with Crippen LogP contribution in [0.5, 0.6) is 0 Å². The van der Waals surface area contributed by atoms with E-state index in [1.165, 1.54) is 0 Å². The van der Waals surface area contributed by atoms with Gasteiger partial charge in [0.1, 0.15) is 6.54 Å². The van der Waals surface area contributed by atoms with E-state index in [9.17, 15) is 9.59 Å². The molecule has 1 amide bonds. The van der Waals surface area contributed by atoms with Crippen molar-refractivity contribution >= 4 is 27.8 Å². The van der Waals surface area contributed by atoms with Gasteiger partial charge in [0.05, 0.1) is 0 Å². The van der Waals surface area contributed by atoms with E-state index < -0.39 is 5.97 Å². The molecule has 4 nitrogen and oxygen atoms in total. The summed E-state index contributed by atoms with van der Waals surface area (Å²) in [5.41, 5.74) is 1.52. The van der Waals surface area contributed by atoms with E-state index in [-0.39, 0.29) is 12.5 Å². The quantitative estimate of drug-likeness (QED) is 0.814. The first-order valence-corrected chi connectivity index (χ1v) is 5.40. The predicted octanol–water partition coefficient (Wildman–Crippen LogP) is 1.40. The predicted molar refractivity (Wildman–Crippen MR) is 59.0 cm³/mol. The number of rotatable bonds is 4. The Hall–Kier alpha value is -1.36. The normalized spacial score (nSPS) is 9.67. The summed E-state index contributed by atoms with van der Waals surface area (Å²) in [6, 6.07) is 6.94. The number of aliphatic carboxylic acids is 1. The SMILES string of the molecule is O=C(O)CNC(=O)c1ccc(CBr)cc1. The van der Waals surface area contributed by atoms with Crippen LogP contribution >= 0.6 is 15.9 Å². The van der Waals surface area contributed by atoms with E-state index in [1.54, 1.807) is 12.1 Å². The summed E-state index contributed by atoms with van der Waals surface area (Å²) in [5.74, 6) is -1.43. The maximum Gasteiger partial charge on any atom is 0.322 e. The zero-order valence-corrected chi connectivity index (χ0v) is 9.45. The van der Waals surface area contributed by atoms with Gasteiger partial charge in [0.25, 0.3) is 5.91 Å². The fourth-order valence-electron chi connectivity index (χ4n) is 1.00. The van der Waals surface area contributed by atoms with Crippen LogP contribution in [0.3, 0.4) is 0 Å². The highest BCUT2D eigenvalue weighted by Gasteiger charge is 2.06. The average Bonchev–Trinajstić information content (AvgIpc) is 2.26. The summed E-state index contributed by atoms with van der Waals surface area (Å²) in [6.07, 6.45) is 0. The Morgan fingerprint density at radius 2 is 1.87 bits per heavy atom. The third-order valence-electron chi connectivity index (χ3n) is 1.77. The van der Waals surface area contributed by atoms with Crippen molar-refractivity contribution in [3.8, 4) is 0 Å². The van der Waals surface area contributed by atoms with Crippen molar-refractivity contribution in [2.45, 2.75) is 5.33 Å². The number of halogens is 1. The van der Waals surface area contributed by atoms with Gasteiger partial charge in [-0.05, 0) is 17.7 Å². The Morgan fingerprint density at radius 3 is 2.33 bits per heavy atom. The van der Waals surface area contributed by atoms with Crippen molar-refractivity contribution in [3.63, 3.8) is 0 Å². The lowest BCUT2D eigenvalue weighted by molar-refractivity contribution is -0.135. The molecule has 5 heteroatoms. The number of hydrogen-bond acceptors (Lipinski definition) is 2. The van der Waals surface area contributed by atoms with Crippen molar-refractivity contribution < 1.29 is 14.7 Å². The molecule has 0 aliphatic heterocycles. The molecule has 1 aromatic carbocycles. The van der Waals surface area contributed by atoms with Gasteiger partial charge in [-0.2, -0.15) is 0 Å². The third kappa shape index (κ3) is 3.71. The molecule has 0 radical (unpaired) electrons. The molecule has 0 heterocycles. The average molecular weight is 272 g/mol. The van der Waals surface area contributed by atoms with Crippen LogP contribution in [0, 0.1) is 0 Å². The first-order valence-electron chi connectivity index (χ1n) is 4.28. The van der Waals surface area contributed by atoms with Crippen molar-refractivity contribution in [2.24, 2.45) is 0 Å². The lowest BCUT2D eigenvalue weighted by Crippen LogP contribution is -2.29. The van der Waals surface area contributed by atoms with Crippen molar-refractivity contribution in [2.75, 3.05) is 6.54 Å². The second-order valence-corrected chi connectivity index (χ2v) is 3.47. The van der Waals surface area contributed by atoms with Gasteiger partial charge < -0.3 is 10.4 Å². The van der Waals surface area contributed by atoms with E-state index in [4.69, 9.17) is 5.11 Å². The molecule has 2 N–H and O–H groups in total. The summed E-state index contributed by atoms with van der Waals surface area (Å²) in [5, 5.41) is 11.4. The Kier molecular flexibility index (Phi) is 4.30. The van der Waals surface area contributed by atoms with Crippen molar-refractivity contribution in [3.05, 3.63) is 35.4 Å². The molecule has 1 rings (SSSR count). The Balaban J connectivity index is 2.62. The molecule has 0 saturated heterocycles. The maximum absolute atomic E-state index is 11.4. The zero-order valence-electron chi connectivity index (χ0n) is 7.87. The van der Waals surface area contributed by atoms with Crippen LogP contribution in [0.4, 0.5) is 0 Å². The molecule has 0 atom stereocenters. The zero-order chi connectivity index (χ0) is 11.3. The number of carbonyl (C=O) groups excluding carboxylic acids is 1. The minimum atomic E-state index is -1.06. The summed E-state index contributed by atoms with van der Waals surface area (Å²) in [6.45, 7) is -0.362. The Morgan fingerprint density at radius 1 is 1.27 bits per heavy atom. The van der Waals surface area contributed by atoms with Gasteiger partial charge >= 0.3 is 5.97 Å². The lowest BCUT2D eigenvalue weighted by atomic mass is 10.1. The Labute approximate surface area is 95.4 Å². The molecule has 0 saturated carbocycles. The summed E-state index contributed by atoms with van der Waals surface area (Å²) < 4.78 is 0. The van der Waals surface area contributed by atoms with Crippen LogP contribution in [0.15, 0.2) is 24.3 Å². The van der Waals surface area contributed by atoms with Crippen LogP contribution in [0.25, 0.3) is 0 Å². The number of carbonyl (C=O) groups is 2. The smallest absolute Gasteiger partial charge is 0.322 e. The minimum absolute atomic E-state index is 0.362. The third-order valence-corrected chi connectivity index (χ3v) is 2.42. The molecular formula is C10H10BrNO3. The van der Waals surface area contributed by atoms with Gasteiger partial charge in [0, 0.05) is 10.9 Å². The lowest BCUT2D eigenvalue weighted by Gasteiger charge is -2.02. The molecule has 1 aromatic rings.